The molecule has 6 heteroatoms. The first-order valence-electron chi connectivity index (χ1n) is 5.51. The fraction of sp³-hybridized carbons (Fsp3) is 0.500. The van der Waals surface area contributed by atoms with Gasteiger partial charge in [0.1, 0.15) is 0 Å². The van der Waals surface area contributed by atoms with Gasteiger partial charge in [0, 0.05) is 0 Å². The molecule has 1 heterocycles. The zero-order valence-corrected chi connectivity index (χ0v) is 15.8. The average molecular weight is 416 g/mol. The van der Waals surface area contributed by atoms with Gasteiger partial charge in [-0.3, -0.25) is 0 Å². The maximum atomic E-state index is 11.9. The van der Waals surface area contributed by atoms with Crippen molar-refractivity contribution in [2.24, 2.45) is 0 Å². The molecule has 0 amide bonds. The van der Waals surface area contributed by atoms with E-state index >= 15 is 0 Å². The van der Waals surface area contributed by atoms with Crippen molar-refractivity contribution in [3.63, 3.8) is 0 Å². The third kappa shape index (κ3) is 4.91. The summed E-state index contributed by atoms with van der Waals surface area (Å²) in [6.45, 7) is 10.9. The van der Waals surface area contributed by atoms with Crippen molar-refractivity contribution in [3.8, 4) is 0 Å². The first kappa shape index (κ1) is 16.6. The van der Waals surface area contributed by atoms with E-state index in [1.165, 1.54) is 32.1 Å². The number of carbonyl (C=O) groups excluding carboxylic acids is 2. The Hall–Kier alpha value is 0.559. The average Bonchev–Trinajstić information content (AvgIpc) is 2.29. The van der Waals surface area contributed by atoms with Gasteiger partial charge in [-0.25, -0.2) is 0 Å². The van der Waals surface area contributed by atoms with Crippen LogP contribution in [0.2, 0.25) is 14.9 Å². The standard InChI is InChI=1S/C12H18O2S2Se2/c1-9(2)11(13)15-18(7-5-6-17-8-18)16-12(14)10(3)4/h1,3,5-8H2,2,4H3. The van der Waals surface area contributed by atoms with Gasteiger partial charge in [0.2, 0.25) is 0 Å². The molecule has 0 radical (unpaired) electrons. The molecular formula is C12H18O2S2Se2. The second kappa shape index (κ2) is 7.37. The van der Waals surface area contributed by atoms with Crippen molar-refractivity contribution in [2.75, 3.05) is 0 Å². The molecule has 102 valence electrons. The Morgan fingerprint density at radius 2 is 1.61 bits per heavy atom. The minimum absolute atomic E-state index is 0.0784. The summed E-state index contributed by atoms with van der Waals surface area (Å²) >= 11 is 0.600. The molecule has 1 saturated heterocycles. The first-order valence-corrected chi connectivity index (χ1v) is 16.0. The molecule has 0 saturated carbocycles. The molecule has 0 bridgehead atoms. The molecule has 18 heavy (non-hydrogen) atoms. The Labute approximate surface area is 124 Å². The van der Waals surface area contributed by atoms with E-state index in [9.17, 15) is 9.59 Å². The summed E-state index contributed by atoms with van der Waals surface area (Å²) in [6, 6.07) is 0. The van der Waals surface area contributed by atoms with Gasteiger partial charge >= 0.3 is 125 Å². The van der Waals surface area contributed by atoms with E-state index in [1.54, 1.807) is 13.8 Å². The van der Waals surface area contributed by atoms with E-state index in [-0.39, 0.29) is 10.2 Å². The van der Waals surface area contributed by atoms with Gasteiger partial charge in [-0.15, -0.1) is 0 Å². The molecule has 1 aliphatic rings. The van der Waals surface area contributed by atoms with Crippen LogP contribution in [0.3, 0.4) is 0 Å². The normalized spacial score (nSPS) is 19.9. The van der Waals surface area contributed by atoms with E-state index in [0.717, 1.165) is 9.54 Å². The van der Waals surface area contributed by atoms with Crippen LogP contribution in [0, 0.1) is 0 Å². The molecule has 1 rings (SSSR count). The SMILES string of the molecule is C=C(C)C(=O)S[Se]1(SC(=O)C(=C)C)CCC[Se]C1. The number of hydrogen-bond acceptors (Lipinski definition) is 4. The van der Waals surface area contributed by atoms with Crippen molar-refractivity contribution in [1.29, 1.82) is 0 Å². The third-order valence-corrected chi connectivity index (χ3v) is 28.5. The van der Waals surface area contributed by atoms with E-state index in [0.29, 0.717) is 26.1 Å². The molecule has 0 spiro atoms. The monoisotopic (exact) mass is 418 g/mol. The van der Waals surface area contributed by atoms with Crippen molar-refractivity contribution in [3.05, 3.63) is 24.3 Å². The number of rotatable bonds is 4. The van der Waals surface area contributed by atoms with E-state index < -0.39 is 10.6 Å². The van der Waals surface area contributed by atoms with Crippen LogP contribution in [-0.2, 0) is 9.59 Å². The molecule has 2 nitrogen and oxygen atoms in total. The van der Waals surface area contributed by atoms with Crippen molar-refractivity contribution < 1.29 is 9.59 Å². The van der Waals surface area contributed by atoms with E-state index in [2.05, 4.69) is 13.2 Å². The van der Waals surface area contributed by atoms with E-state index in [1.807, 2.05) is 0 Å². The predicted molar refractivity (Wildman–Crippen MR) is 85.4 cm³/mol. The summed E-state index contributed by atoms with van der Waals surface area (Å²) < 4.78 is 1.12. The van der Waals surface area contributed by atoms with Gasteiger partial charge in [-0.2, -0.15) is 0 Å². The molecule has 0 N–H and O–H groups in total. The van der Waals surface area contributed by atoms with Gasteiger partial charge in [0.05, 0.1) is 0 Å². The second-order valence-electron chi connectivity index (χ2n) is 4.13. The zero-order valence-electron chi connectivity index (χ0n) is 10.7. The summed E-state index contributed by atoms with van der Waals surface area (Å²) in [5.74, 6) is 0. The quantitative estimate of drug-likeness (QED) is 0.518. The van der Waals surface area contributed by atoms with Crippen LogP contribution < -0.4 is 0 Å². The van der Waals surface area contributed by atoms with Crippen LogP contribution in [0.4, 0.5) is 0 Å². The fourth-order valence-corrected chi connectivity index (χ4v) is 29.2. The molecule has 0 unspecified atom stereocenters. The Balaban J connectivity index is 2.81. The second-order valence-corrected chi connectivity index (χ2v) is 23.8. The van der Waals surface area contributed by atoms with Crippen LogP contribution in [0.15, 0.2) is 24.3 Å². The van der Waals surface area contributed by atoms with Crippen LogP contribution in [0.1, 0.15) is 20.3 Å². The number of carbonyl (C=O) groups is 2. The summed E-state index contributed by atoms with van der Waals surface area (Å²) in [5.41, 5.74) is 1.19. The fourth-order valence-electron chi connectivity index (χ4n) is 1.19. The molecule has 0 aromatic heterocycles. The molecule has 0 aliphatic carbocycles. The van der Waals surface area contributed by atoms with Gasteiger partial charge in [0.15, 0.2) is 0 Å². The zero-order chi connectivity index (χ0) is 13.8. The Kier molecular flexibility index (Phi) is 6.80. The molecular weight excluding hydrogens is 398 g/mol. The summed E-state index contributed by atoms with van der Waals surface area (Å²) in [7, 11) is 0.816. The summed E-state index contributed by atoms with van der Waals surface area (Å²) in [4.78, 5) is 23.9. The molecule has 1 aliphatic heterocycles. The maximum absolute atomic E-state index is 11.9. The van der Waals surface area contributed by atoms with Crippen molar-refractivity contribution >= 4 is 56.2 Å². The van der Waals surface area contributed by atoms with Gasteiger partial charge in [-0.1, -0.05) is 0 Å². The summed E-state index contributed by atoms with van der Waals surface area (Å²) in [6.07, 6.45) is 1.17. The third-order valence-electron chi connectivity index (χ3n) is 2.16. The van der Waals surface area contributed by atoms with Crippen LogP contribution in [-0.4, -0.2) is 35.8 Å². The Bertz CT molecular complexity index is 358. The molecule has 0 atom stereocenters. The van der Waals surface area contributed by atoms with Crippen LogP contribution >= 0.6 is 20.4 Å². The molecule has 0 aromatic rings. The predicted octanol–water partition coefficient (Wildman–Crippen LogP) is 3.58. The summed E-state index contributed by atoms with van der Waals surface area (Å²) in [5, 5.41) is 2.52. The van der Waals surface area contributed by atoms with Crippen molar-refractivity contribution in [1.82, 2.24) is 0 Å². The van der Waals surface area contributed by atoms with Gasteiger partial charge in [0.25, 0.3) is 0 Å². The molecule has 1 fully saturated rings. The van der Waals surface area contributed by atoms with E-state index in [4.69, 9.17) is 0 Å². The Morgan fingerprint density at radius 1 is 1.11 bits per heavy atom. The van der Waals surface area contributed by atoms with Crippen LogP contribution in [0.25, 0.3) is 0 Å². The first-order chi connectivity index (χ1) is 8.36. The van der Waals surface area contributed by atoms with Crippen molar-refractivity contribution in [2.45, 2.75) is 35.1 Å². The Morgan fingerprint density at radius 3 is 1.94 bits per heavy atom. The topological polar surface area (TPSA) is 34.1 Å². The minimum atomic E-state index is -2.10. The molecule has 0 aromatic carbocycles. The van der Waals surface area contributed by atoms with Gasteiger partial charge < -0.3 is 0 Å². The van der Waals surface area contributed by atoms with Gasteiger partial charge in [-0.05, 0) is 0 Å². The number of hydrogen-bond donors (Lipinski definition) is 0. The van der Waals surface area contributed by atoms with Crippen LogP contribution in [0.5, 0.6) is 0 Å².